The first-order chi connectivity index (χ1) is 21.2. The molecule has 1 heterocycles. The molecule has 0 atom stereocenters. The smallest absolute Gasteiger partial charge is 0.258 e. The molecule has 0 saturated heterocycles. The number of fused-ring (bicyclic) bond motifs is 2. The number of hydrogen-bond acceptors (Lipinski definition) is 8. The minimum absolute atomic E-state index is 0.0333. The second kappa shape index (κ2) is 12.1. The van der Waals surface area contributed by atoms with Crippen LogP contribution in [0.15, 0.2) is 83.0 Å². The van der Waals surface area contributed by atoms with Crippen LogP contribution >= 0.6 is 0 Å². The van der Waals surface area contributed by atoms with Gasteiger partial charge >= 0.3 is 0 Å². The van der Waals surface area contributed by atoms with E-state index >= 15 is 0 Å². The maximum absolute atomic E-state index is 13.8. The van der Waals surface area contributed by atoms with Gasteiger partial charge in [-0.25, -0.2) is 0 Å². The van der Waals surface area contributed by atoms with Gasteiger partial charge in [0.15, 0.2) is 36.3 Å². The van der Waals surface area contributed by atoms with Crippen molar-refractivity contribution in [2.75, 3.05) is 26.3 Å². The van der Waals surface area contributed by atoms with Gasteiger partial charge in [0.2, 0.25) is 0 Å². The number of amides is 2. The molecule has 0 fully saturated rings. The summed E-state index contributed by atoms with van der Waals surface area (Å²) in [6.07, 6.45) is 5.31. The van der Waals surface area contributed by atoms with E-state index in [4.69, 9.17) is 9.47 Å². The van der Waals surface area contributed by atoms with Crippen molar-refractivity contribution in [1.29, 1.82) is 0 Å². The summed E-state index contributed by atoms with van der Waals surface area (Å²) in [5.74, 6) is -1.65. The fourth-order valence-electron chi connectivity index (χ4n) is 5.78. The number of ketones is 4. The van der Waals surface area contributed by atoms with E-state index in [1.807, 2.05) is 0 Å². The lowest BCUT2D eigenvalue weighted by Gasteiger charge is -2.22. The molecule has 2 aromatic rings. The van der Waals surface area contributed by atoms with E-state index in [2.05, 4.69) is 10.6 Å². The molecule has 6 rings (SSSR count). The Kier molecular flexibility index (Phi) is 7.89. The molecule has 0 unspecified atom stereocenters. The van der Waals surface area contributed by atoms with Gasteiger partial charge in [0.05, 0.1) is 0 Å². The minimum atomic E-state index is -0.452. The maximum atomic E-state index is 13.8. The van der Waals surface area contributed by atoms with Crippen molar-refractivity contribution in [3.63, 3.8) is 0 Å². The molecule has 222 valence electrons. The van der Waals surface area contributed by atoms with Crippen LogP contribution in [0.3, 0.4) is 0 Å². The van der Waals surface area contributed by atoms with E-state index in [-0.39, 0.29) is 109 Å². The first-order valence-electron chi connectivity index (χ1n) is 14.3. The second-order valence-electron chi connectivity index (χ2n) is 10.9. The van der Waals surface area contributed by atoms with Crippen molar-refractivity contribution in [1.82, 2.24) is 10.6 Å². The number of para-hydroxylation sites is 2. The zero-order valence-corrected chi connectivity index (χ0v) is 23.7. The molecule has 3 aliphatic carbocycles. The number of Topliss-reactive ketones (excluding diaryl/α,β-unsaturated/α-hetero) is 2. The highest BCUT2D eigenvalue weighted by Gasteiger charge is 2.29. The number of hydrogen-bond donors (Lipinski definition) is 2. The van der Waals surface area contributed by atoms with E-state index in [0.717, 1.165) is 0 Å². The Morgan fingerprint density at radius 2 is 0.795 bits per heavy atom. The first-order valence-corrected chi connectivity index (χ1v) is 14.3. The average molecular weight is 593 g/mol. The predicted molar refractivity (Wildman–Crippen MR) is 157 cm³/mol. The van der Waals surface area contributed by atoms with Gasteiger partial charge in [-0.05, 0) is 46.6 Å². The molecule has 0 saturated carbocycles. The summed E-state index contributed by atoms with van der Waals surface area (Å²) in [5.41, 5.74) is 3.14. The number of carbonyl (C=O) groups is 6. The average Bonchev–Trinajstić information content (AvgIpc) is 2.98. The van der Waals surface area contributed by atoms with Crippen LogP contribution in [-0.4, -0.2) is 61.3 Å². The third-order valence-corrected chi connectivity index (χ3v) is 7.78. The van der Waals surface area contributed by atoms with Crippen molar-refractivity contribution < 1.29 is 38.2 Å². The van der Waals surface area contributed by atoms with Crippen LogP contribution in [0, 0.1) is 0 Å². The third-order valence-electron chi connectivity index (χ3n) is 7.78. The van der Waals surface area contributed by atoms with Gasteiger partial charge in [0.25, 0.3) is 11.8 Å². The van der Waals surface area contributed by atoms with Crippen molar-refractivity contribution in [2.45, 2.75) is 25.7 Å². The molecule has 10 nitrogen and oxygen atoms in total. The third kappa shape index (κ3) is 6.05. The lowest BCUT2D eigenvalue weighted by molar-refractivity contribution is -0.124. The Balaban J connectivity index is 1.55. The van der Waals surface area contributed by atoms with E-state index in [0.29, 0.717) is 22.3 Å². The van der Waals surface area contributed by atoms with Gasteiger partial charge in [-0.1, -0.05) is 36.4 Å². The summed E-state index contributed by atoms with van der Waals surface area (Å²) in [6.45, 7) is -0.460. The van der Waals surface area contributed by atoms with Gasteiger partial charge < -0.3 is 20.1 Å². The number of benzene rings is 2. The molecule has 10 bridgehead atoms. The monoisotopic (exact) mass is 592 g/mol. The summed E-state index contributed by atoms with van der Waals surface area (Å²) in [7, 11) is 0. The number of allylic oxidation sites excluding steroid dienone is 8. The van der Waals surface area contributed by atoms with Gasteiger partial charge in [-0.3, -0.25) is 28.8 Å². The van der Waals surface area contributed by atoms with Gasteiger partial charge in [0, 0.05) is 61.1 Å². The molecule has 10 heteroatoms. The predicted octanol–water partition coefficient (Wildman–Crippen LogP) is 1.58. The number of nitrogens with one attached hydrogen (secondary N) is 2. The number of rotatable bonds is 0. The SMILES string of the molecule is O=C1C=C2Cc3cccc4c3OCC(=O)NCCNC(=O)COc3c(cccc3CC3=CC(=O)C=C(C4)C3=O)CC(=C1)C2=O. The second-order valence-corrected chi connectivity index (χ2v) is 10.9. The van der Waals surface area contributed by atoms with Crippen molar-refractivity contribution >= 4 is 34.9 Å². The summed E-state index contributed by atoms with van der Waals surface area (Å²) >= 11 is 0. The van der Waals surface area contributed by atoms with Crippen molar-refractivity contribution in [3.8, 4) is 11.5 Å². The molecule has 0 spiro atoms. The topological polar surface area (TPSA) is 145 Å². The van der Waals surface area contributed by atoms with E-state index < -0.39 is 11.8 Å². The Labute approximate surface area is 252 Å². The molecule has 4 aliphatic rings. The van der Waals surface area contributed by atoms with E-state index in [9.17, 15) is 28.8 Å². The summed E-state index contributed by atoms with van der Waals surface area (Å²) in [4.78, 5) is 78.5. The van der Waals surface area contributed by atoms with Gasteiger partial charge in [-0.2, -0.15) is 0 Å². The highest BCUT2D eigenvalue weighted by Crippen LogP contribution is 2.35. The van der Waals surface area contributed by atoms with Crippen LogP contribution in [-0.2, 0) is 54.5 Å². The molecule has 0 aromatic heterocycles. The molecule has 2 amide bonds. The van der Waals surface area contributed by atoms with Crippen LogP contribution in [0.25, 0.3) is 0 Å². The van der Waals surface area contributed by atoms with Gasteiger partial charge in [-0.15, -0.1) is 0 Å². The Morgan fingerprint density at radius 3 is 1.11 bits per heavy atom. The van der Waals surface area contributed by atoms with Crippen molar-refractivity contribution in [2.24, 2.45) is 0 Å². The zero-order valence-electron chi connectivity index (χ0n) is 23.7. The summed E-state index contributed by atoms with van der Waals surface area (Å²) in [6, 6.07) is 10.4. The van der Waals surface area contributed by atoms with E-state index in [1.165, 1.54) is 24.3 Å². The molecular formula is C34H28N2O8. The highest BCUT2D eigenvalue weighted by molar-refractivity contribution is 6.21. The van der Waals surface area contributed by atoms with E-state index in [1.54, 1.807) is 36.4 Å². The summed E-state index contributed by atoms with van der Waals surface area (Å²) < 4.78 is 12.0. The Morgan fingerprint density at radius 1 is 0.477 bits per heavy atom. The first kappa shape index (κ1) is 28.7. The fraction of sp³-hybridized carbons (Fsp3) is 0.235. The van der Waals surface area contributed by atoms with Crippen LogP contribution < -0.4 is 20.1 Å². The Bertz CT molecular complexity index is 1550. The number of ether oxygens (including phenoxy) is 2. The lowest BCUT2D eigenvalue weighted by atomic mass is 9.84. The van der Waals surface area contributed by atoms with Gasteiger partial charge in [0.1, 0.15) is 11.5 Å². The zero-order chi connectivity index (χ0) is 30.8. The standard InChI is InChI=1S/C34H28N2O8/c37-27-13-23-9-19-3-1-4-20-10-24-14-28(38)16-26(32(24)42)12-22-6-2-5-21(11-25(15-27)31(23)41)34(22)44-18-30(40)36-8-7-35-29(39)17-43-33(19)20/h1-6,13-16H,7-12,17-18H2,(H,35,39)(H,36,40). The number of carbonyl (C=O) groups excluding carboxylic acids is 6. The van der Waals surface area contributed by atoms with Crippen LogP contribution in [0.5, 0.6) is 11.5 Å². The van der Waals surface area contributed by atoms with Crippen LogP contribution in [0.1, 0.15) is 22.3 Å². The molecule has 2 aromatic carbocycles. The molecule has 1 aliphatic heterocycles. The van der Waals surface area contributed by atoms with Crippen molar-refractivity contribution in [3.05, 3.63) is 105 Å². The molecule has 0 radical (unpaired) electrons. The molecule has 44 heavy (non-hydrogen) atoms. The summed E-state index contributed by atoms with van der Waals surface area (Å²) in [5, 5.41) is 5.37. The minimum Gasteiger partial charge on any atom is -0.483 e. The molecule has 2 N–H and O–H groups in total. The highest BCUT2D eigenvalue weighted by atomic mass is 16.5. The normalized spacial score (nSPS) is 19.3. The maximum Gasteiger partial charge on any atom is 0.258 e. The quantitative estimate of drug-likeness (QED) is 0.439. The van der Waals surface area contributed by atoms with Crippen LogP contribution in [0.2, 0.25) is 0 Å². The molecular weight excluding hydrogens is 564 g/mol. The van der Waals surface area contributed by atoms with Crippen LogP contribution in [0.4, 0.5) is 0 Å². The largest absolute Gasteiger partial charge is 0.483 e. The lowest BCUT2D eigenvalue weighted by Crippen LogP contribution is -2.38. The fourth-order valence-corrected chi connectivity index (χ4v) is 5.78. The Hall–Kier alpha value is -5.38.